The highest BCUT2D eigenvalue weighted by Gasteiger charge is 2.26. The molecule has 0 bridgehead atoms. The number of hydrogen-bond donors (Lipinski definition) is 3. The van der Waals surface area contributed by atoms with E-state index in [9.17, 15) is 9.59 Å². The molecule has 0 unspecified atom stereocenters. The number of hydrogen-bond acceptors (Lipinski definition) is 7. The second kappa shape index (κ2) is 7.66. The Labute approximate surface area is 182 Å². The van der Waals surface area contributed by atoms with Gasteiger partial charge >= 0.3 is 0 Å². The van der Waals surface area contributed by atoms with Crippen LogP contribution < -0.4 is 16.0 Å². The summed E-state index contributed by atoms with van der Waals surface area (Å²) in [4.78, 5) is 32.7. The third-order valence-corrected chi connectivity index (χ3v) is 5.63. The fourth-order valence-corrected chi connectivity index (χ4v) is 3.52. The molecule has 0 spiro atoms. The van der Waals surface area contributed by atoms with Gasteiger partial charge in [0.2, 0.25) is 17.8 Å². The highest BCUT2D eigenvalue weighted by atomic mass is 35.5. The Morgan fingerprint density at radius 2 is 2.13 bits per heavy atom. The first-order valence-corrected chi connectivity index (χ1v) is 10.4. The first-order valence-electron chi connectivity index (χ1n) is 10.0. The zero-order valence-electron chi connectivity index (χ0n) is 16.8. The number of aryl methyl sites for hydroxylation is 1. The van der Waals surface area contributed by atoms with Crippen LogP contribution in [0.1, 0.15) is 36.0 Å². The summed E-state index contributed by atoms with van der Waals surface area (Å²) in [6.45, 7) is 2.46. The van der Waals surface area contributed by atoms with Crippen LogP contribution >= 0.6 is 11.6 Å². The number of anilines is 2. The van der Waals surface area contributed by atoms with Crippen LogP contribution in [0.4, 0.5) is 11.9 Å². The van der Waals surface area contributed by atoms with Gasteiger partial charge in [-0.2, -0.15) is 19.6 Å². The van der Waals surface area contributed by atoms with Crippen LogP contribution in [0, 0.1) is 6.92 Å². The molecule has 1 saturated carbocycles. The summed E-state index contributed by atoms with van der Waals surface area (Å²) in [5, 5.41) is 14.0. The fraction of sp³-hybridized carbons (Fsp3) is 0.286. The van der Waals surface area contributed by atoms with Crippen molar-refractivity contribution in [3.63, 3.8) is 0 Å². The van der Waals surface area contributed by atoms with E-state index in [0.717, 1.165) is 24.0 Å². The van der Waals surface area contributed by atoms with Gasteiger partial charge in [0.25, 0.3) is 5.91 Å². The largest absolute Gasteiger partial charge is 0.351 e. The summed E-state index contributed by atoms with van der Waals surface area (Å²) < 4.78 is 1.62. The monoisotopic (exact) mass is 437 g/mol. The lowest BCUT2D eigenvalue weighted by Crippen LogP contribution is -2.19. The maximum absolute atomic E-state index is 11.9. The Balaban J connectivity index is 1.48. The summed E-state index contributed by atoms with van der Waals surface area (Å²) >= 11 is 6.23. The average molecular weight is 438 g/mol. The Hall–Kier alpha value is -3.46. The molecule has 1 aliphatic carbocycles. The molecule has 1 aromatic carbocycles. The van der Waals surface area contributed by atoms with E-state index in [4.69, 9.17) is 11.6 Å². The van der Waals surface area contributed by atoms with Crippen LogP contribution in [0.5, 0.6) is 0 Å². The van der Waals surface area contributed by atoms with Gasteiger partial charge in [0, 0.05) is 28.7 Å². The highest BCUT2D eigenvalue weighted by Crippen LogP contribution is 2.26. The van der Waals surface area contributed by atoms with Crippen molar-refractivity contribution in [2.24, 2.45) is 0 Å². The second-order valence-electron chi connectivity index (χ2n) is 7.79. The number of carbonyl (C=O) groups excluding carboxylic acids is 2. The molecule has 1 saturated heterocycles. The molecule has 0 atom stereocenters. The predicted octanol–water partition coefficient (Wildman–Crippen LogP) is 2.70. The third-order valence-electron chi connectivity index (χ3n) is 5.22. The van der Waals surface area contributed by atoms with E-state index >= 15 is 0 Å². The molecule has 2 amide bonds. The number of benzene rings is 1. The molecule has 2 fully saturated rings. The normalized spacial score (nSPS) is 17.4. The summed E-state index contributed by atoms with van der Waals surface area (Å²) in [5.74, 6) is 0.315. The number of fused-ring (bicyclic) bond motifs is 1. The van der Waals surface area contributed by atoms with Gasteiger partial charge in [0.05, 0.1) is 12.6 Å². The van der Waals surface area contributed by atoms with Gasteiger partial charge in [0.1, 0.15) is 0 Å². The second-order valence-corrected chi connectivity index (χ2v) is 8.19. The number of nitrogens with zero attached hydrogens (tertiary/aromatic N) is 4. The first-order chi connectivity index (χ1) is 15.0. The predicted molar refractivity (Wildman–Crippen MR) is 117 cm³/mol. The van der Waals surface area contributed by atoms with Gasteiger partial charge in [-0.3, -0.25) is 14.9 Å². The Kier molecular flexibility index (Phi) is 4.82. The number of imide groups is 1. The molecule has 2 aromatic heterocycles. The maximum Gasteiger partial charge on any atom is 0.254 e. The van der Waals surface area contributed by atoms with Gasteiger partial charge in [0.15, 0.2) is 5.65 Å². The third kappa shape index (κ3) is 4.09. The molecule has 1 aliphatic heterocycles. The lowest BCUT2D eigenvalue weighted by Gasteiger charge is -2.11. The molecule has 3 aromatic rings. The van der Waals surface area contributed by atoms with Gasteiger partial charge in [-0.15, -0.1) is 0 Å². The van der Waals surface area contributed by atoms with Crippen molar-refractivity contribution >= 4 is 47.0 Å². The molecule has 5 rings (SSSR count). The van der Waals surface area contributed by atoms with Crippen LogP contribution in [0.15, 0.2) is 30.0 Å². The van der Waals surface area contributed by atoms with Crippen LogP contribution in [-0.4, -0.2) is 37.4 Å². The van der Waals surface area contributed by atoms with Crippen LogP contribution in [0.25, 0.3) is 11.7 Å². The molecular formula is C21H20ClN7O2. The van der Waals surface area contributed by atoms with E-state index in [1.807, 2.05) is 25.1 Å². The van der Waals surface area contributed by atoms with Crippen LogP contribution in [0.3, 0.4) is 0 Å². The fourth-order valence-electron chi connectivity index (χ4n) is 3.32. The standard InChI is InChI=1S/C21H20ClN7O2/c1-11-2-3-12(6-16(11)22)9-23-20-27-18-14(7-13-8-17(30)26-19(13)31)10-24-29(18)21(28-20)25-15-4-5-15/h2-3,6-7,10,15H,4-5,8-9H2,1H3,(H,26,30,31)(H2,23,25,27,28)/b13-7+. The van der Waals surface area contributed by atoms with E-state index in [-0.39, 0.29) is 18.2 Å². The Morgan fingerprint density at radius 1 is 1.29 bits per heavy atom. The SMILES string of the molecule is Cc1ccc(CNc2nc(NC3CC3)n3ncc(/C=C4\CC(=O)NC4=O)c3n2)cc1Cl. The Bertz CT molecular complexity index is 1250. The number of carbonyl (C=O) groups is 2. The zero-order chi connectivity index (χ0) is 21.5. The molecule has 0 radical (unpaired) electrons. The lowest BCUT2D eigenvalue weighted by molar-refractivity contribution is -0.124. The van der Waals surface area contributed by atoms with Crippen LogP contribution in [-0.2, 0) is 16.1 Å². The van der Waals surface area contributed by atoms with Gasteiger partial charge in [-0.05, 0) is 43.0 Å². The van der Waals surface area contributed by atoms with E-state index in [0.29, 0.717) is 46.3 Å². The molecule has 3 N–H and O–H groups in total. The number of aromatic nitrogens is 4. The van der Waals surface area contributed by atoms with E-state index < -0.39 is 0 Å². The number of amides is 2. The quantitative estimate of drug-likeness (QED) is 0.401. The topological polar surface area (TPSA) is 113 Å². The molecule has 158 valence electrons. The molecule has 2 aliphatic rings. The highest BCUT2D eigenvalue weighted by molar-refractivity contribution is 6.31. The molecular weight excluding hydrogens is 418 g/mol. The Morgan fingerprint density at radius 3 is 2.84 bits per heavy atom. The van der Waals surface area contributed by atoms with Crippen molar-refractivity contribution in [2.75, 3.05) is 10.6 Å². The average Bonchev–Trinajstić information content (AvgIpc) is 3.37. The minimum absolute atomic E-state index is 0.0493. The minimum atomic E-state index is -0.385. The molecule has 9 nitrogen and oxygen atoms in total. The molecule has 3 heterocycles. The summed E-state index contributed by atoms with van der Waals surface area (Å²) in [6, 6.07) is 6.25. The number of nitrogens with one attached hydrogen (secondary N) is 3. The van der Waals surface area contributed by atoms with Crippen molar-refractivity contribution in [3.05, 3.63) is 51.7 Å². The van der Waals surface area contributed by atoms with Gasteiger partial charge in [-0.25, -0.2) is 0 Å². The van der Waals surface area contributed by atoms with Gasteiger partial charge < -0.3 is 10.6 Å². The number of rotatable bonds is 6. The summed E-state index contributed by atoms with van der Waals surface area (Å²) in [6.07, 6.45) is 5.48. The molecule has 31 heavy (non-hydrogen) atoms. The first kappa shape index (κ1) is 19.5. The van der Waals surface area contributed by atoms with Crippen molar-refractivity contribution in [1.29, 1.82) is 0 Å². The van der Waals surface area contributed by atoms with E-state index in [2.05, 4.69) is 31.0 Å². The smallest absolute Gasteiger partial charge is 0.254 e. The zero-order valence-corrected chi connectivity index (χ0v) is 17.5. The van der Waals surface area contributed by atoms with Crippen LogP contribution in [0.2, 0.25) is 5.02 Å². The maximum atomic E-state index is 11.9. The van der Waals surface area contributed by atoms with Gasteiger partial charge in [-0.1, -0.05) is 23.7 Å². The minimum Gasteiger partial charge on any atom is -0.351 e. The van der Waals surface area contributed by atoms with E-state index in [1.54, 1.807) is 16.8 Å². The van der Waals surface area contributed by atoms with Crippen molar-refractivity contribution in [1.82, 2.24) is 24.9 Å². The summed E-state index contributed by atoms with van der Waals surface area (Å²) in [7, 11) is 0. The number of halogens is 1. The molecule has 10 heteroatoms. The summed E-state index contributed by atoms with van der Waals surface area (Å²) in [5.41, 5.74) is 3.60. The van der Waals surface area contributed by atoms with Crippen molar-refractivity contribution < 1.29 is 9.59 Å². The van der Waals surface area contributed by atoms with E-state index in [1.165, 1.54) is 0 Å². The van der Waals surface area contributed by atoms with Crippen molar-refractivity contribution in [2.45, 2.75) is 38.8 Å². The van der Waals surface area contributed by atoms with Crippen molar-refractivity contribution in [3.8, 4) is 0 Å². The lowest BCUT2D eigenvalue weighted by atomic mass is 10.1.